The van der Waals surface area contributed by atoms with Crippen LogP contribution in [0.2, 0.25) is 0 Å². The van der Waals surface area contributed by atoms with Gasteiger partial charge in [-0.1, -0.05) is 6.08 Å². The van der Waals surface area contributed by atoms with Gasteiger partial charge in [-0.15, -0.1) is 0 Å². The van der Waals surface area contributed by atoms with Crippen LogP contribution in [0.15, 0.2) is 24.3 Å². The summed E-state index contributed by atoms with van der Waals surface area (Å²) in [5.74, 6) is -0.302. The van der Waals surface area contributed by atoms with Crippen molar-refractivity contribution in [1.29, 1.82) is 0 Å². The Hall–Kier alpha value is -2.17. The first kappa shape index (κ1) is 27.9. The lowest BCUT2D eigenvalue weighted by Crippen LogP contribution is -2.61. The number of hydrogen-bond donors (Lipinski definition) is 7. The molecular weight excluding hydrogens is 496 g/mol. The zero-order valence-electron chi connectivity index (χ0n) is 20.2. The smallest absolute Gasteiger partial charge is 0.340 e. The molecule has 0 saturated carbocycles. The highest BCUT2D eigenvalue weighted by atomic mass is 16.7. The average molecular weight is 529 g/mol. The molecule has 13 nitrogen and oxygen atoms in total. The number of fused-ring (bicyclic) bond motifs is 1. The molecule has 0 aromatic heterocycles. The highest BCUT2D eigenvalue weighted by molar-refractivity contribution is 5.90. The van der Waals surface area contributed by atoms with Crippen molar-refractivity contribution >= 4 is 12.0 Å². The van der Waals surface area contributed by atoms with Crippen LogP contribution in [-0.2, 0) is 18.9 Å². The summed E-state index contributed by atoms with van der Waals surface area (Å²) >= 11 is 0. The number of esters is 1. The molecule has 2 saturated heterocycles. The number of aliphatic hydroxyl groups is 7. The Morgan fingerprint density at radius 2 is 1.51 bits per heavy atom. The number of ether oxygens (including phenoxy) is 5. The van der Waals surface area contributed by atoms with Crippen molar-refractivity contribution in [2.24, 2.45) is 0 Å². The molecule has 1 aromatic carbocycles. The summed E-state index contributed by atoms with van der Waals surface area (Å²) in [6.07, 6.45) is -12.4. The molecule has 0 aliphatic carbocycles. The number of carbonyl (C=O) groups excluding carboxylic acids is 1. The van der Waals surface area contributed by atoms with E-state index >= 15 is 0 Å². The van der Waals surface area contributed by atoms with Gasteiger partial charge in [0, 0.05) is 5.56 Å². The predicted molar refractivity (Wildman–Crippen MR) is 122 cm³/mol. The summed E-state index contributed by atoms with van der Waals surface area (Å²) in [6.45, 7) is 2.55. The fourth-order valence-corrected chi connectivity index (χ4v) is 4.23. The van der Waals surface area contributed by atoms with Crippen LogP contribution in [0.25, 0.3) is 6.08 Å². The van der Waals surface area contributed by atoms with Gasteiger partial charge in [-0.2, -0.15) is 0 Å². The number of hydrogen-bond acceptors (Lipinski definition) is 13. The third-order valence-electron chi connectivity index (χ3n) is 6.45. The Balaban J connectivity index is 1.41. The summed E-state index contributed by atoms with van der Waals surface area (Å²) in [6, 6.07) is 4.60. The van der Waals surface area contributed by atoms with Crippen molar-refractivity contribution in [2.45, 2.75) is 80.9 Å². The van der Waals surface area contributed by atoms with E-state index < -0.39 is 86.2 Å². The van der Waals surface area contributed by atoms with E-state index in [-0.39, 0.29) is 5.56 Å². The Labute approximate surface area is 212 Å². The molecule has 4 rings (SSSR count). The quantitative estimate of drug-likeness (QED) is 0.194. The van der Waals surface area contributed by atoms with Gasteiger partial charge in [0.2, 0.25) is 6.29 Å². The summed E-state index contributed by atoms with van der Waals surface area (Å²) in [7, 11) is 0. The largest absolute Gasteiger partial charge is 0.483 e. The fourth-order valence-electron chi connectivity index (χ4n) is 4.23. The minimum Gasteiger partial charge on any atom is -0.483 e. The molecule has 3 aliphatic rings. The van der Waals surface area contributed by atoms with Crippen molar-refractivity contribution in [3.05, 3.63) is 35.4 Å². The van der Waals surface area contributed by atoms with Crippen molar-refractivity contribution < 1.29 is 64.2 Å². The zero-order chi connectivity index (χ0) is 27.1. The van der Waals surface area contributed by atoms with Gasteiger partial charge in [-0.05, 0) is 38.1 Å². The van der Waals surface area contributed by atoms with Crippen molar-refractivity contribution in [3.8, 4) is 5.75 Å². The summed E-state index contributed by atoms with van der Waals surface area (Å²) in [5, 5.41) is 70.1. The molecule has 0 amide bonds. The van der Waals surface area contributed by atoms with Crippen LogP contribution < -0.4 is 4.74 Å². The lowest BCUT2D eigenvalue weighted by Gasteiger charge is -2.42. The van der Waals surface area contributed by atoms with Gasteiger partial charge in [-0.3, -0.25) is 0 Å². The Kier molecular flexibility index (Phi) is 8.21. The molecule has 7 N–H and O–H groups in total. The lowest BCUT2D eigenvalue weighted by molar-refractivity contribution is -0.325. The first-order valence-corrected chi connectivity index (χ1v) is 11.8. The van der Waals surface area contributed by atoms with E-state index in [9.17, 15) is 40.5 Å². The number of carbonyl (C=O) groups is 1. The Morgan fingerprint density at radius 1 is 0.892 bits per heavy atom. The molecule has 13 heteroatoms. The predicted octanol–water partition coefficient (Wildman–Crippen LogP) is -2.35. The molecule has 0 bridgehead atoms. The van der Waals surface area contributed by atoms with Gasteiger partial charge in [0.25, 0.3) is 0 Å². The van der Waals surface area contributed by atoms with Crippen LogP contribution in [-0.4, -0.2) is 122 Å². The molecule has 2 fully saturated rings. The monoisotopic (exact) mass is 528 g/mol. The van der Waals surface area contributed by atoms with Crippen LogP contribution in [0.4, 0.5) is 0 Å². The Morgan fingerprint density at radius 3 is 2.19 bits per heavy atom. The number of rotatable bonds is 6. The van der Waals surface area contributed by atoms with E-state index in [0.29, 0.717) is 11.3 Å². The van der Waals surface area contributed by atoms with Crippen LogP contribution in [0.1, 0.15) is 29.8 Å². The molecule has 1 aromatic rings. The van der Waals surface area contributed by atoms with Crippen LogP contribution in [0, 0.1) is 0 Å². The minimum absolute atomic E-state index is 0.122. The zero-order valence-corrected chi connectivity index (χ0v) is 20.2. The normalized spacial score (nSPS) is 38.9. The highest BCUT2D eigenvalue weighted by Gasteiger charge is 2.48. The van der Waals surface area contributed by atoms with Gasteiger partial charge in [0.1, 0.15) is 60.2 Å². The second-order valence-electron chi connectivity index (χ2n) is 9.74. The third-order valence-corrected chi connectivity index (χ3v) is 6.45. The van der Waals surface area contributed by atoms with Crippen LogP contribution >= 0.6 is 0 Å². The molecule has 0 radical (unpaired) electrons. The second-order valence-corrected chi connectivity index (χ2v) is 9.74. The van der Waals surface area contributed by atoms with E-state index in [1.807, 2.05) is 19.9 Å². The number of benzene rings is 1. The summed E-state index contributed by atoms with van der Waals surface area (Å²) in [4.78, 5) is 12.8. The number of aliphatic hydroxyl groups excluding tert-OH is 7. The summed E-state index contributed by atoms with van der Waals surface area (Å²) < 4.78 is 27.1. The molecule has 3 aliphatic heterocycles. The molecule has 37 heavy (non-hydrogen) atoms. The standard InChI is InChI=1S/C24H32O13/c1-24(2)6-5-10-7-11(3-4-12(10)37-24)21(32)36-23-20(31)18(29)16(27)14(35-23)9-33-22-19(30)17(28)15(26)13(8-25)34-22/h3-7,13-20,22-23,25-31H,8-9H2,1-2H3/t13-,14-,15-,16-,17+,18+,19-,20-,22-,23+/m1/s1. The van der Waals surface area contributed by atoms with Crippen LogP contribution in [0.3, 0.4) is 0 Å². The maximum atomic E-state index is 12.8. The summed E-state index contributed by atoms with van der Waals surface area (Å²) in [5.41, 5.74) is 0.260. The van der Waals surface area contributed by atoms with Gasteiger partial charge in [-0.25, -0.2) is 4.79 Å². The fraction of sp³-hybridized carbons (Fsp3) is 0.625. The Bertz CT molecular complexity index is 995. The average Bonchev–Trinajstić information content (AvgIpc) is 2.87. The van der Waals surface area contributed by atoms with E-state index in [0.717, 1.165) is 0 Å². The van der Waals surface area contributed by atoms with Crippen molar-refractivity contribution in [3.63, 3.8) is 0 Å². The van der Waals surface area contributed by atoms with Gasteiger partial charge >= 0.3 is 5.97 Å². The van der Waals surface area contributed by atoms with E-state index in [1.165, 1.54) is 12.1 Å². The molecule has 0 spiro atoms. The third kappa shape index (κ3) is 5.81. The molecule has 206 valence electrons. The van der Waals surface area contributed by atoms with Crippen molar-refractivity contribution in [2.75, 3.05) is 13.2 Å². The lowest BCUT2D eigenvalue weighted by atomic mass is 9.98. The second kappa shape index (κ2) is 10.9. The highest BCUT2D eigenvalue weighted by Crippen LogP contribution is 2.32. The first-order valence-electron chi connectivity index (χ1n) is 11.8. The first-order chi connectivity index (χ1) is 17.4. The van der Waals surface area contributed by atoms with Crippen molar-refractivity contribution in [1.82, 2.24) is 0 Å². The maximum absolute atomic E-state index is 12.8. The molecule has 3 heterocycles. The van der Waals surface area contributed by atoms with Gasteiger partial charge < -0.3 is 59.4 Å². The molecule has 10 atom stereocenters. The minimum atomic E-state index is -1.79. The maximum Gasteiger partial charge on any atom is 0.340 e. The topological polar surface area (TPSA) is 205 Å². The molecule has 0 unspecified atom stereocenters. The van der Waals surface area contributed by atoms with E-state index in [4.69, 9.17) is 23.7 Å². The van der Waals surface area contributed by atoms with E-state index in [1.54, 1.807) is 12.1 Å². The SMILES string of the molecule is CC1(C)C=Cc2cc(C(=O)O[C@@H]3O[C@H](CO[C@@H]4O[C@H](CO)[C@@H](O)[C@H](O)[C@H]4O)[C@@H](O)[C@H](O)[C@H]3O)ccc2O1. The van der Waals surface area contributed by atoms with Gasteiger partial charge in [0.05, 0.1) is 18.8 Å². The van der Waals surface area contributed by atoms with Gasteiger partial charge in [0.15, 0.2) is 6.29 Å². The van der Waals surface area contributed by atoms with Crippen LogP contribution in [0.5, 0.6) is 5.75 Å². The van der Waals surface area contributed by atoms with E-state index in [2.05, 4.69) is 0 Å². The molecular formula is C24H32O13.